The molecule has 0 fully saturated rings. The molecular formula is C23H19ClN2O4. The summed E-state index contributed by atoms with van der Waals surface area (Å²) in [6, 6.07) is 16.9. The molecule has 0 aliphatic carbocycles. The molecule has 0 radical (unpaired) electrons. The normalized spacial score (nSPS) is 11.3. The molecule has 1 heterocycles. The largest absolute Gasteiger partial charge is 0.491 e. The Bertz CT molecular complexity index is 1260. The van der Waals surface area contributed by atoms with Gasteiger partial charge in [-0.05, 0) is 47.5 Å². The van der Waals surface area contributed by atoms with Gasteiger partial charge in [-0.25, -0.2) is 5.43 Å². The average molecular weight is 423 g/mol. The molecule has 0 atom stereocenters. The lowest BCUT2D eigenvalue weighted by Crippen LogP contribution is -2.16. The second kappa shape index (κ2) is 8.47. The molecule has 30 heavy (non-hydrogen) atoms. The fourth-order valence-corrected chi connectivity index (χ4v) is 3.54. The lowest BCUT2D eigenvalue weighted by Gasteiger charge is -2.11. The first kappa shape index (κ1) is 19.8. The highest BCUT2D eigenvalue weighted by Crippen LogP contribution is 2.36. The third kappa shape index (κ3) is 3.82. The van der Waals surface area contributed by atoms with E-state index in [9.17, 15) is 4.79 Å². The maximum atomic E-state index is 12.5. The van der Waals surface area contributed by atoms with Crippen molar-refractivity contribution in [3.63, 3.8) is 0 Å². The molecule has 0 aliphatic rings. The van der Waals surface area contributed by atoms with E-state index in [4.69, 9.17) is 25.5 Å². The van der Waals surface area contributed by atoms with Crippen LogP contribution in [-0.2, 0) is 0 Å². The summed E-state index contributed by atoms with van der Waals surface area (Å²) in [5.74, 6) is 0.691. The molecule has 7 heteroatoms. The maximum absolute atomic E-state index is 12.5. The van der Waals surface area contributed by atoms with Crippen molar-refractivity contribution in [3.05, 3.63) is 70.9 Å². The first-order valence-electron chi connectivity index (χ1n) is 9.35. The van der Waals surface area contributed by atoms with Gasteiger partial charge in [-0.2, -0.15) is 5.10 Å². The topological polar surface area (TPSA) is 73.1 Å². The number of furan rings is 1. The Kier molecular flexibility index (Phi) is 5.59. The molecule has 0 unspecified atom stereocenters. The molecule has 4 rings (SSSR count). The lowest BCUT2D eigenvalue weighted by molar-refractivity contribution is 0.0929. The van der Waals surface area contributed by atoms with E-state index in [1.165, 1.54) is 13.3 Å². The summed E-state index contributed by atoms with van der Waals surface area (Å²) in [4.78, 5) is 12.5. The summed E-state index contributed by atoms with van der Waals surface area (Å²) in [7, 11) is 1.52. The van der Waals surface area contributed by atoms with E-state index >= 15 is 0 Å². The molecule has 0 saturated carbocycles. The maximum Gasteiger partial charge on any atom is 0.307 e. The van der Waals surface area contributed by atoms with Gasteiger partial charge in [-0.1, -0.05) is 41.9 Å². The monoisotopic (exact) mass is 422 g/mol. The highest BCUT2D eigenvalue weighted by Gasteiger charge is 2.14. The van der Waals surface area contributed by atoms with Crippen LogP contribution in [0.15, 0.2) is 64.1 Å². The van der Waals surface area contributed by atoms with Crippen LogP contribution < -0.4 is 14.9 Å². The first-order valence-corrected chi connectivity index (χ1v) is 9.73. The van der Waals surface area contributed by atoms with Crippen molar-refractivity contribution in [2.45, 2.75) is 6.92 Å². The van der Waals surface area contributed by atoms with Crippen molar-refractivity contribution >= 4 is 45.5 Å². The number of hydrogen-bond donors (Lipinski definition) is 1. The number of methoxy groups -OCH3 is 1. The summed E-state index contributed by atoms with van der Waals surface area (Å²) in [6.07, 6.45) is 1.48. The van der Waals surface area contributed by atoms with Crippen LogP contribution in [0.1, 0.15) is 23.0 Å². The molecule has 152 valence electrons. The minimum absolute atomic E-state index is 0.182. The van der Waals surface area contributed by atoms with Gasteiger partial charge in [-0.3, -0.25) is 4.79 Å². The number of carbonyl (C=O) groups is 1. The fraction of sp³-hybridized carbons (Fsp3) is 0.130. The molecule has 1 aromatic heterocycles. The van der Waals surface area contributed by atoms with Crippen LogP contribution >= 0.6 is 11.6 Å². The van der Waals surface area contributed by atoms with Crippen molar-refractivity contribution < 1.29 is 18.7 Å². The summed E-state index contributed by atoms with van der Waals surface area (Å²) in [5, 5.41) is 7.38. The number of hydrogen-bond acceptors (Lipinski definition) is 5. The number of amides is 1. The molecule has 0 aliphatic heterocycles. The number of halogens is 1. The first-order chi connectivity index (χ1) is 14.6. The molecule has 0 spiro atoms. The van der Waals surface area contributed by atoms with E-state index in [1.54, 1.807) is 18.2 Å². The van der Waals surface area contributed by atoms with Crippen LogP contribution in [0, 0.1) is 0 Å². The van der Waals surface area contributed by atoms with Crippen molar-refractivity contribution in [2.24, 2.45) is 5.10 Å². The zero-order valence-corrected chi connectivity index (χ0v) is 17.2. The lowest BCUT2D eigenvalue weighted by atomic mass is 10.1. The minimum atomic E-state index is -0.448. The SMILES string of the molecule is CCOc1cc(/C=N\NC(=O)c2cc3c(ccc4ccccc43)o2)cc(Cl)c1OC. The third-order valence-corrected chi connectivity index (χ3v) is 4.85. The highest BCUT2D eigenvalue weighted by atomic mass is 35.5. The molecule has 1 amide bonds. The second-order valence-corrected chi connectivity index (χ2v) is 6.88. The Labute approximate surface area is 178 Å². The van der Waals surface area contributed by atoms with Gasteiger partial charge >= 0.3 is 5.91 Å². The van der Waals surface area contributed by atoms with Crippen LogP contribution in [0.2, 0.25) is 5.02 Å². The number of rotatable bonds is 6. The van der Waals surface area contributed by atoms with E-state index in [1.807, 2.05) is 43.3 Å². The molecular weight excluding hydrogens is 404 g/mol. The summed E-state index contributed by atoms with van der Waals surface area (Å²) in [6.45, 7) is 2.33. The van der Waals surface area contributed by atoms with Crippen LogP contribution in [0.4, 0.5) is 0 Å². The second-order valence-electron chi connectivity index (χ2n) is 6.48. The van der Waals surface area contributed by atoms with Crippen molar-refractivity contribution in [1.82, 2.24) is 5.43 Å². The van der Waals surface area contributed by atoms with Gasteiger partial charge in [0.05, 0.1) is 25.0 Å². The highest BCUT2D eigenvalue weighted by molar-refractivity contribution is 6.32. The number of carbonyl (C=O) groups excluding carboxylic acids is 1. The zero-order valence-electron chi connectivity index (χ0n) is 16.4. The standard InChI is InChI=1S/C23H19ClN2O4/c1-3-29-20-11-14(10-18(24)22(20)28-2)13-25-26-23(27)21-12-17-16-7-5-4-6-15(16)8-9-19(17)30-21/h4-13H,3H2,1-2H3,(H,26,27)/b25-13-. The number of ether oxygens (including phenoxy) is 2. The smallest absolute Gasteiger partial charge is 0.307 e. The fourth-order valence-electron chi connectivity index (χ4n) is 3.25. The Morgan fingerprint density at radius 1 is 1.17 bits per heavy atom. The predicted octanol–water partition coefficient (Wildman–Crippen LogP) is 5.41. The average Bonchev–Trinajstić information content (AvgIpc) is 3.19. The Hall–Kier alpha value is -3.51. The molecule has 1 N–H and O–H groups in total. The van der Waals surface area contributed by atoms with Gasteiger partial charge in [0.1, 0.15) is 5.58 Å². The van der Waals surface area contributed by atoms with E-state index in [0.29, 0.717) is 34.3 Å². The Balaban J connectivity index is 1.55. The summed E-state index contributed by atoms with van der Waals surface area (Å²) >= 11 is 6.23. The van der Waals surface area contributed by atoms with Crippen LogP contribution in [0.25, 0.3) is 21.7 Å². The van der Waals surface area contributed by atoms with Gasteiger partial charge in [0, 0.05) is 5.39 Å². The molecule has 0 saturated heterocycles. The number of fused-ring (bicyclic) bond motifs is 3. The minimum Gasteiger partial charge on any atom is -0.491 e. The van der Waals surface area contributed by atoms with Gasteiger partial charge < -0.3 is 13.9 Å². The van der Waals surface area contributed by atoms with E-state index in [2.05, 4.69) is 10.5 Å². The van der Waals surface area contributed by atoms with Crippen LogP contribution in [0.5, 0.6) is 11.5 Å². The van der Waals surface area contributed by atoms with Gasteiger partial charge in [-0.15, -0.1) is 0 Å². The van der Waals surface area contributed by atoms with E-state index < -0.39 is 5.91 Å². The summed E-state index contributed by atoms with van der Waals surface area (Å²) in [5.41, 5.74) is 3.78. The van der Waals surface area contributed by atoms with Crippen molar-refractivity contribution in [3.8, 4) is 11.5 Å². The number of hydrazone groups is 1. The molecule has 4 aromatic rings. The van der Waals surface area contributed by atoms with Crippen LogP contribution in [-0.4, -0.2) is 25.8 Å². The van der Waals surface area contributed by atoms with E-state index in [-0.39, 0.29) is 5.76 Å². The quantitative estimate of drug-likeness (QED) is 0.333. The number of nitrogens with one attached hydrogen (secondary N) is 1. The van der Waals surface area contributed by atoms with Crippen LogP contribution in [0.3, 0.4) is 0 Å². The molecule has 3 aromatic carbocycles. The van der Waals surface area contributed by atoms with Gasteiger partial charge in [0.15, 0.2) is 17.3 Å². The number of nitrogens with zero attached hydrogens (tertiary/aromatic N) is 1. The van der Waals surface area contributed by atoms with Gasteiger partial charge in [0.2, 0.25) is 0 Å². The van der Waals surface area contributed by atoms with Crippen molar-refractivity contribution in [1.29, 1.82) is 0 Å². The van der Waals surface area contributed by atoms with Crippen molar-refractivity contribution in [2.75, 3.05) is 13.7 Å². The third-order valence-electron chi connectivity index (χ3n) is 4.57. The Morgan fingerprint density at radius 3 is 2.80 bits per heavy atom. The summed E-state index contributed by atoms with van der Waals surface area (Å²) < 4.78 is 16.5. The predicted molar refractivity (Wildman–Crippen MR) is 118 cm³/mol. The molecule has 6 nitrogen and oxygen atoms in total. The molecule has 0 bridgehead atoms. The zero-order chi connectivity index (χ0) is 21.1. The van der Waals surface area contributed by atoms with E-state index in [0.717, 1.165) is 16.2 Å². The number of benzene rings is 3. The van der Waals surface area contributed by atoms with Gasteiger partial charge in [0.25, 0.3) is 0 Å². The Morgan fingerprint density at radius 2 is 2.00 bits per heavy atom.